The maximum absolute atomic E-state index is 13.9. The molecule has 27 heavy (non-hydrogen) atoms. The van der Waals surface area contributed by atoms with Crippen LogP contribution in [0.5, 0.6) is 0 Å². The zero-order valence-electron chi connectivity index (χ0n) is 15.4. The van der Waals surface area contributed by atoms with Crippen molar-refractivity contribution in [1.29, 1.82) is 0 Å². The summed E-state index contributed by atoms with van der Waals surface area (Å²) in [6, 6.07) is 9.88. The van der Waals surface area contributed by atoms with Gasteiger partial charge in [-0.15, -0.1) is 0 Å². The van der Waals surface area contributed by atoms with Crippen molar-refractivity contribution in [2.75, 3.05) is 38.6 Å². The Kier molecular flexibility index (Phi) is 4.65. The number of hydrogen-bond acceptors (Lipinski definition) is 4. The number of anilines is 1. The molecule has 0 radical (unpaired) electrons. The number of hydrogen-bond donors (Lipinski definition) is 0. The fourth-order valence-corrected chi connectivity index (χ4v) is 5.69. The minimum Gasteiger partial charge on any atom is -0.371 e. The van der Waals surface area contributed by atoms with Crippen LogP contribution in [0.3, 0.4) is 0 Å². The van der Waals surface area contributed by atoms with Gasteiger partial charge in [-0.05, 0) is 35.7 Å². The smallest absolute Gasteiger partial charge is 0.282 e. The molecule has 3 atom stereocenters. The third kappa shape index (κ3) is 3.22. The SMILES string of the molecule is CN(C)S(=O)(=O)N1C[C@@H]2CN(c3ccncc3)C[C@@H]2[C@H]1c1cccc(F)c1. The molecule has 6 nitrogen and oxygen atoms in total. The highest BCUT2D eigenvalue weighted by molar-refractivity contribution is 7.86. The molecule has 3 heterocycles. The molecule has 0 unspecified atom stereocenters. The minimum absolute atomic E-state index is 0.106. The lowest BCUT2D eigenvalue weighted by molar-refractivity contribution is 0.327. The molecule has 0 bridgehead atoms. The van der Waals surface area contributed by atoms with Crippen LogP contribution in [0.25, 0.3) is 0 Å². The highest BCUT2D eigenvalue weighted by Gasteiger charge is 2.52. The Labute approximate surface area is 159 Å². The quantitative estimate of drug-likeness (QED) is 0.803. The van der Waals surface area contributed by atoms with Gasteiger partial charge < -0.3 is 4.90 Å². The van der Waals surface area contributed by atoms with E-state index in [-0.39, 0.29) is 23.7 Å². The summed E-state index contributed by atoms with van der Waals surface area (Å²) in [5, 5.41) is 0. The fourth-order valence-electron chi connectivity index (χ4n) is 4.32. The van der Waals surface area contributed by atoms with Crippen molar-refractivity contribution in [3.8, 4) is 0 Å². The maximum atomic E-state index is 13.9. The molecule has 2 aliphatic rings. The van der Waals surface area contributed by atoms with E-state index in [9.17, 15) is 12.8 Å². The molecular formula is C19H23FN4O2S. The predicted molar refractivity (Wildman–Crippen MR) is 102 cm³/mol. The van der Waals surface area contributed by atoms with E-state index >= 15 is 0 Å². The summed E-state index contributed by atoms with van der Waals surface area (Å²) in [5.41, 5.74) is 1.80. The highest BCUT2D eigenvalue weighted by Crippen LogP contribution is 2.47. The Morgan fingerprint density at radius 2 is 1.85 bits per heavy atom. The Hall–Kier alpha value is -2.03. The lowest BCUT2D eigenvalue weighted by Gasteiger charge is -2.31. The first-order valence-corrected chi connectivity index (χ1v) is 10.4. The molecular weight excluding hydrogens is 367 g/mol. The molecule has 1 aromatic carbocycles. The van der Waals surface area contributed by atoms with Crippen molar-refractivity contribution in [2.45, 2.75) is 6.04 Å². The molecule has 4 rings (SSSR count). The van der Waals surface area contributed by atoms with Gasteiger partial charge in [0, 0.05) is 57.7 Å². The van der Waals surface area contributed by atoms with Gasteiger partial charge in [0.25, 0.3) is 10.2 Å². The Morgan fingerprint density at radius 1 is 1.11 bits per heavy atom. The molecule has 0 N–H and O–H groups in total. The molecule has 2 saturated heterocycles. The molecule has 0 saturated carbocycles. The molecule has 1 aromatic heterocycles. The van der Waals surface area contributed by atoms with E-state index in [0.29, 0.717) is 12.1 Å². The van der Waals surface area contributed by atoms with E-state index in [0.717, 1.165) is 18.8 Å². The van der Waals surface area contributed by atoms with Crippen LogP contribution in [-0.4, -0.2) is 55.7 Å². The van der Waals surface area contributed by atoms with Crippen molar-refractivity contribution in [1.82, 2.24) is 13.6 Å². The first kappa shape index (κ1) is 18.3. The van der Waals surface area contributed by atoms with Gasteiger partial charge in [0.15, 0.2) is 0 Å². The van der Waals surface area contributed by atoms with Crippen LogP contribution in [-0.2, 0) is 10.2 Å². The van der Waals surface area contributed by atoms with Crippen LogP contribution in [0.15, 0.2) is 48.8 Å². The monoisotopic (exact) mass is 390 g/mol. The first-order valence-electron chi connectivity index (χ1n) is 8.97. The number of fused-ring (bicyclic) bond motifs is 1. The van der Waals surface area contributed by atoms with E-state index in [4.69, 9.17) is 0 Å². The zero-order valence-corrected chi connectivity index (χ0v) is 16.2. The van der Waals surface area contributed by atoms with Crippen LogP contribution in [0.4, 0.5) is 10.1 Å². The van der Waals surface area contributed by atoms with E-state index in [1.54, 1.807) is 22.8 Å². The standard InChI is InChI=1S/C19H23FN4O2S/c1-22(2)27(25,26)24-12-15-11-23(17-6-8-21-9-7-17)13-18(15)19(24)14-4-3-5-16(20)10-14/h3-10,15,18-19H,11-13H2,1-2H3/t15-,18-,19+/m0/s1. The largest absolute Gasteiger partial charge is 0.371 e. The molecule has 0 aliphatic carbocycles. The van der Waals surface area contributed by atoms with Gasteiger partial charge in [0.2, 0.25) is 0 Å². The predicted octanol–water partition coefficient (Wildman–Crippen LogP) is 2.14. The number of pyridine rings is 1. The van der Waals surface area contributed by atoms with Gasteiger partial charge in [0.1, 0.15) is 5.82 Å². The maximum Gasteiger partial charge on any atom is 0.282 e. The van der Waals surface area contributed by atoms with Gasteiger partial charge in [-0.25, -0.2) is 4.39 Å². The molecule has 8 heteroatoms. The topological polar surface area (TPSA) is 56.8 Å². The summed E-state index contributed by atoms with van der Waals surface area (Å²) < 4.78 is 42.5. The molecule has 2 fully saturated rings. The Balaban J connectivity index is 1.70. The third-order valence-electron chi connectivity index (χ3n) is 5.60. The van der Waals surface area contributed by atoms with Crippen LogP contribution < -0.4 is 4.90 Å². The van der Waals surface area contributed by atoms with Crippen LogP contribution in [0, 0.1) is 17.7 Å². The summed E-state index contributed by atoms with van der Waals surface area (Å²) in [4.78, 5) is 6.33. The zero-order chi connectivity index (χ0) is 19.2. The molecule has 144 valence electrons. The number of benzene rings is 1. The van der Waals surface area contributed by atoms with E-state index < -0.39 is 10.2 Å². The third-order valence-corrected chi connectivity index (χ3v) is 7.49. The second-order valence-corrected chi connectivity index (χ2v) is 9.49. The van der Waals surface area contributed by atoms with Gasteiger partial charge >= 0.3 is 0 Å². The molecule has 0 amide bonds. The van der Waals surface area contributed by atoms with E-state index in [2.05, 4.69) is 9.88 Å². The lowest BCUT2D eigenvalue weighted by atomic mass is 9.90. The Morgan fingerprint density at radius 3 is 2.52 bits per heavy atom. The second kappa shape index (κ2) is 6.85. The van der Waals surface area contributed by atoms with Crippen molar-refractivity contribution in [3.63, 3.8) is 0 Å². The van der Waals surface area contributed by atoms with E-state index in [1.807, 2.05) is 18.2 Å². The van der Waals surface area contributed by atoms with Gasteiger partial charge in [-0.2, -0.15) is 17.0 Å². The summed E-state index contributed by atoms with van der Waals surface area (Å²) in [5.74, 6) is -0.0435. The lowest BCUT2D eigenvalue weighted by Crippen LogP contribution is -2.42. The summed E-state index contributed by atoms with van der Waals surface area (Å²) in [7, 11) is -0.521. The highest BCUT2D eigenvalue weighted by atomic mass is 32.2. The van der Waals surface area contributed by atoms with Crippen LogP contribution in [0.2, 0.25) is 0 Å². The normalized spacial score (nSPS) is 25.9. The van der Waals surface area contributed by atoms with Gasteiger partial charge in [-0.1, -0.05) is 12.1 Å². The van der Waals surface area contributed by atoms with Gasteiger partial charge in [0.05, 0.1) is 6.04 Å². The number of nitrogens with zero attached hydrogens (tertiary/aromatic N) is 4. The van der Waals surface area contributed by atoms with E-state index in [1.165, 1.54) is 30.5 Å². The Bertz CT molecular complexity index is 922. The first-order chi connectivity index (χ1) is 12.9. The summed E-state index contributed by atoms with van der Waals surface area (Å²) >= 11 is 0. The summed E-state index contributed by atoms with van der Waals surface area (Å²) in [6.07, 6.45) is 3.52. The van der Waals surface area contributed by atoms with Gasteiger partial charge in [-0.3, -0.25) is 4.98 Å². The number of halogens is 1. The van der Waals surface area contributed by atoms with Crippen molar-refractivity contribution >= 4 is 15.9 Å². The number of rotatable bonds is 4. The molecule has 2 aliphatic heterocycles. The van der Waals surface area contributed by atoms with Crippen LogP contribution >= 0.6 is 0 Å². The van der Waals surface area contributed by atoms with Crippen molar-refractivity contribution in [3.05, 3.63) is 60.2 Å². The van der Waals surface area contributed by atoms with Crippen molar-refractivity contribution in [2.24, 2.45) is 11.8 Å². The average Bonchev–Trinajstić information content (AvgIpc) is 3.20. The molecule has 2 aromatic rings. The minimum atomic E-state index is -3.60. The van der Waals surface area contributed by atoms with Crippen molar-refractivity contribution < 1.29 is 12.8 Å². The molecule has 0 spiro atoms. The van der Waals surface area contributed by atoms with Crippen LogP contribution in [0.1, 0.15) is 11.6 Å². The number of aromatic nitrogens is 1. The average molecular weight is 390 g/mol. The fraction of sp³-hybridized carbons (Fsp3) is 0.421. The second-order valence-electron chi connectivity index (χ2n) is 7.39. The summed E-state index contributed by atoms with van der Waals surface area (Å²) in [6.45, 7) is 1.95.